The Labute approximate surface area is 127 Å². The first-order valence-corrected chi connectivity index (χ1v) is 7.60. The van der Waals surface area contributed by atoms with E-state index in [0.717, 1.165) is 18.4 Å². The largest absolute Gasteiger partial charge is 0.478 e. The van der Waals surface area contributed by atoms with Crippen molar-refractivity contribution >= 4 is 28.9 Å². The van der Waals surface area contributed by atoms with Crippen molar-refractivity contribution in [2.24, 2.45) is 0 Å². The number of carbonyl (C=O) groups excluding carboxylic acids is 1. The third-order valence-corrected chi connectivity index (χ3v) is 4.10. The number of aromatic carboxylic acids is 1. The summed E-state index contributed by atoms with van der Waals surface area (Å²) < 4.78 is 0. The van der Waals surface area contributed by atoms with Gasteiger partial charge in [-0.1, -0.05) is 12.1 Å². The number of thiophene rings is 1. The second-order valence-electron chi connectivity index (χ2n) is 4.82. The highest BCUT2D eigenvalue weighted by atomic mass is 32.1. The van der Waals surface area contributed by atoms with Crippen LogP contribution in [0, 0.1) is 6.92 Å². The molecule has 0 aliphatic heterocycles. The molecule has 0 fully saturated rings. The van der Waals surface area contributed by atoms with Crippen molar-refractivity contribution < 1.29 is 14.7 Å². The topological polar surface area (TPSA) is 66.4 Å². The molecule has 2 aromatic rings. The highest BCUT2D eigenvalue weighted by Crippen LogP contribution is 2.18. The van der Waals surface area contributed by atoms with Gasteiger partial charge in [0.05, 0.1) is 5.56 Å². The SMILES string of the molecule is Cc1ccc(C(=O)O)cc1NC(=O)CCCc1cccs1. The molecule has 0 aliphatic carbocycles. The van der Waals surface area contributed by atoms with Crippen molar-refractivity contribution in [3.8, 4) is 0 Å². The number of carbonyl (C=O) groups is 2. The first kappa shape index (κ1) is 15.3. The normalized spacial score (nSPS) is 10.3. The van der Waals surface area contributed by atoms with Crippen LogP contribution in [0.3, 0.4) is 0 Å². The lowest BCUT2D eigenvalue weighted by atomic mass is 10.1. The Hall–Kier alpha value is -2.14. The standard InChI is InChI=1S/C16H17NO3S/c1-11-7-8-12(16(19)20)10-14(11)17-15(18)6-2-4-13-5-3-9-21-13/h3,5,7-10H,2,4,6H2,1H3,(H,17,18)(H,19,20). The quantitative estimate of drug-likeness (QED) is 0.854. The van der Waals surface area contributed by atoms with Gasteiger partial charge in [-0.05, 0) is 48.9 Å². The summed E-state index contributed by atoms with van der Waals surface area (Å²) in [6.07, 6.45) is 2.10. The molecular weight excluding hydrogens is 286 g/mol. The molecule has 1 amide bonds. The highest BCUT2D eigenvalue weighted by molar-refractivity contribution is 7.09. The predicted molar refractivity (Wildman–Crippen MR) is 84.0 cm³/mol. The fourth-order valence-electron chi connectivity index (χ4n) is 1.98. The predicted octanol–water partition coefficient (Wildman–Crippen LogP) is 3.72. The number of carboxylic acids is 1. The van der Waals surface area contributed by atoms with E-state index in [1.54, 1.807) is 17.4 Å². The Kier molecular flexibility index (Phi) is 5.11. The molecule has 4 nitrogen and oxygen atoms in total. The Morgan fingerprint density at radius 2 is 2.10 bits per heavy atom. The van der Waals surface area contributed by atoms with E-state index in [-0.39, 0.29) is 11.5 Å². The van der Waals surface area contributed by atoms with Crippen molar-refractivity contribution in [3.63, 3.8) is 0 Å². The van der Waals surface area contributed by atoms with Gasteiger partial charge in [-0.3, -0.25) is 4.79 Å². The maximum Gasteiger partial charge on any atom is 0.335 e. The molecule has 0 atom stereocenters. The van der Waals surface area contributed by atoms with Gasteiger partial charge in [-0.25, -0.2) is 4.79 Å². The zero-order valence-corrected chi connectivity index (χ0v) is 12.6. The maximum absolute atomic E-state index is 11.9. The van der Waals surface area contributed by atoms with Crippen molar-refractivity contribution in [2.75, 3.05) is 5.32 Å². The van der Waals surface area contributed by atoms with E-state index in [2.05, 4.69) is 11.4 Å². The summed E-state index contributed by atoms with van der Waals surface area (Å²) in [5.74, 6) is -1.08. The monoisotopic (exact) mass is 303 g/mol. The molecule has 110 valence electrons. The molecule has 0 bridgehead atoms. The summed E-state index contributed by atoms with van der Waals surface area (Å²) in [5.41, 5.74) is 1.59. The molecule has 1 heterocycles. The Balaban J connectivity index is 1.90. The lowest BCUT2D eigenvalue weighted by molar-refractivity contribution is -0.116. The van der Waals surface area contributed by atoms with Gasteiger partial charge in [0.25, 0.3) is 0 Å². The summed E-state index contributed by atoms with van der Waals surface area (Å²) in [6, 6.07) is 8.79. The number of anilines is 1. The van der Waals surface area contributed by atoms with Crippen LogP contribution in [0.2, 0.25) is 0 Å². The molecule has 2 N–H and O–H groups in total. The van der Waals surface area contributed by atoms with Crippen LogP contribution >= 0.6 is 11.3 Å². The van der Waals surface area contributed by atoms with Gasteiger partial charge >= 0.3 is 5.97 Å². The lowest BCUT2D eigenvalue weighted by Crippen LogP contribution is -2.13. The average Bonchev–Trinajstić information content (AvgIpc) is 2.94. The lowest BCUT2D eigenvalue weighted by Gasteiger charge is -2.09. The molecule has 0 aliphatic rings. The molecule has 1 aromatic heterocycles. The van der Waals surface area contributed by atoms with Crippen LogP contribution in [0.4, 0.5) is 5.69 Å². The van der Waals surface area contributed by atoms with Gasteiger partial charge in [0, 0.05) is 17.0 Å². The number of hydrogen-bond acceptors (Lipinski definition) is 3. The summed E-state index contributed by atoms with van der Waals surface area (Å²) in [6.45, 7) is 1.84. The summed E-state index contributed by atoms with van der Waals surface area (Å²) >= 11 is 1.69. The first-order chi connectivity index (χ1) is 10.1. The van der Waals surface area contributed by atoms with Crippen LogP contribution in [0.5, 0.6) is 0 Å². The number of nitrogens with one attached hydrogen (secondary N) is 1. The molecule has 2 rings (SSSR count). The van der Waals surface area contributed by atoms with Crippen LogP contribution in [0.15, 0.2) is 35.7 Å². The summed E-state index contributed by atoms with van der Waals surface area (Å²) in [4.78, 5) is 24.1. The highest BCUT2D eigenvalue weighted by Gasteiger charge is 2.09. The number of hydrogen-bond donors (Lipinski definition) is 2. The van der Waals surface area contributed by atoms with E-state index in [4.69, 9.17) is 5.11 Å². The first-order valence-electron chi connectivity index (χ1n) is 6.72. The number of carboxylic acid groups (broad SMARTS) is 1. The van der Waals surface area contributed by atoms with Gasteiger partial charge in [-0.2, -0.15) is 0 Å². The van der Waals surface area contributed by atoms with E-state index in [9.17, 15) is 9.59 Å². The third-order valence-electron chi connectivity index (χ3n) is 3.17. The summed E-state index contributed by atoms with van der Waals surface area (Å²) in [7, 11) is 0. The molecule has 0 saturated heterocycles. The third kappa shape index (κ3) is 4.43. The number of benzene rings is 1. The fourth-order valence-corrected chi connectivity index (χ4v) is 2.73. The minimum atomic E-state index is -0.997. The minimum absolute atomic E-state index is 0.0859. The summed E-state index contributed by atoms with van der Waals surface area (Å²) in [5, 5.41) is 13.8. The molecule has 21 heavy (non-hydrogen) atoms. The second kappa shape index (κ2) is 7.04. The van der Waals surface area contributed by atoms with Crippen LogP contribution in [0.25, 0.3) is 0 Å². The van der Waals surface area contributed by atoms with Gasteiger partial charge in [0.15, 0.2) is 0 Å². The van der Waals surface area contributed by atoms with Crippen LogP contribution in [-0.2, 0) is 11.2 Å². The average molecular weight is 303 g/mol. The van der Waals surface area contributed by atoms with E-state index in [0.29, 0.717) is 12.1 Å². The number of aryl methyl sites for hydroxylation is 2. The van der Waals surface area contributed by atoms with Gasteiger partial charge in [0.2, 0.25) is 5.91 Å². The molecule has 0 saturated carbocycles. The smallest absolute Gasteiger partial charge is 0.335 e. The van der Waals surface area contributed by atoms with E-state index < -0.39 is 5.97 Å². The van der Waals surface area contributed by atoms with Crippen LogP contribution in [0.1, 0.15) is 33.6 Å². The molecule has 0 radical (unpaired) electrons. The van der Waals surface area contributed by atoms with Gasteiger partial charge < -0.3 is 10.4 Å². The van der Waals surface area contributed by atoms with Crippen LogP contribution < -0.4 is 5.32 Å². The van der Waals surface area contributed by atoms with E-state index >= 15 is 0 Å². The van der Waals surface area contributed by atoms with Crippen molar-refractivity contribution in [2.45, 2.75) is 26.2 Å². The molecule has 0 unspecified atom stereocenters. The molecule has 1 aromatic carbocycles. The van der Waals surface area contributed by atoms with Gasteiger partial charge in [0.1, 0.15) is 0 Å². The fraction of sp³-hybridized carbons (Fsp3) is 0.250. The van der Waals surface area contributed by atoms with Crippen molar-refractivity contribution in [1.82, 2.24) is 0 Å². The maximum atomic E-state index is 11.9. The Morgan fingerprint density at radius 1 is 1.29 bits per heavy atom. The van der Waals surface area contributed by atoms with Crippen LogP contribution in [-0.4, -0.2) is 17.0 Å². The van der Waals surface area contributed by atoms with E-state index in [1.165, 1.54) is 17.0 Å². The number of amides is 1. The number of rotatable bonds is 6. The molecular formula is C16H17NO3S. The molecule has 0 spiro atoms. The van der Waals surface area contributed by atoms with Crippen molar-refractivity contribution in [1.29, 1.82) is 0 Å². The molecule has 5 heteroatoms. The van der Waals surface area contributed by atoms with E-state index in [1.807, 2.05) is 18.4 Å². The zero-order chi connectivity index (χ0) is 15.2. The van der Waals surface area contributed by atoms with Gasteiger partial charge in [-0.15, -0.1) is 11.3 Å². The van der Waals surface area contributed by atoms with Crippen molar-refractivity contribution in [3.05, 3.63) is 51.7 Å². The minimum Gasteiger partial charge on any atom is -0.478 e. The second-order valence-corrected chi connectivity index (χ2v) is 5.85. The zero-order valence-electron chi connectivity index (χ0n) is 11.8. The Bertz CT molecular complexity index is 635. The Morgan fingerprint density at radius 3 is 2.76 bits per heavy atom.